The molecular weight excluding hydrogens is 433 g/mol. The smallest absolute Gasteiger partial charge is 0.422 e. The van der Waals surface area contributed by atoms with E-state index in [-0.39, 0.29) is 22.8 Å². The van der Waals surface area contributed by atoms with Crippen LogP contribution in [0.1, 0.15) is 35.3 Å². The van der Waals surface area contributed by atoms with Crippen LogP contribution in [0, 0.1) is 6.92 Å². The number of rotatable bonds is 9. The van der Waals surface area contributed by atoms with E-state index < -0.39 is 28.7 Å². The number of halogens is 3. The van der Waals surface area contributed by atoms with Gasteiger partial charge in [0.2, 0.25) is 10.0 Å². The highest BCUT2D eigenvalue weighted by Gasteiger charge is 2.28. The van der Waals surface area contributed by atoms with E-state index in [1.54, 1.807) is 32.9 Å². The second kappa shape index (κ2) is 10.1. The molecule has 2 aromatic carbocycles. The minimum Gasteiger partial charge on any atom is -0.484 e. The van der Waals surface area contributed by atoms with Gasteiger partial charge in [0.1, 0.15) is 5.75 Å². The largest absolute Gasteiger partial charge is 0.484 e. The van der Waals surface area contributed by atoms with Crippen LogP contribution in [0.2, 0.25) is 0 Å². The highest BCUT2D eigenvalue weighted by Crippen LogP contribution is 2.22. The van der Waals surface area contributed by atoms with Gasteiger partial charge in [-0.15, -0.1) is 0 Å². The van der Waals surface area contributed by atoms with Gasteiger partial charge >= 0.3 is 6.18 Å². The van der Waals surface area contributed by atoms with E-state index in [1.807, 2.05) is 0 Å². The highest BCUT2D eigenvalue weighted by molar-refractivity contribution is 7.89. The van der Waals surface area contributed by atoms with Crippen LogP contribution in [0.25, 0.3) is 0 Å². The number of hydrogen-bond acceptors (Lipinski definition) is 4. The van der Waals surface area contributed by atoms with Crippen LogP contribution in [0.5, 0.6) is 5.75 Å². The van der Waals surface area contributed by atoms with Crippen LogP contribution in [0.15, 0.2) is 47.4 Å². The zero-order valence-corrected chi connectivity index (χ0v) is 18.3. The summed E-state index contributed by atoms with van der Waals surface area (Å²) in [5.41, 5.74) is 1.38. The summed E-state index contributed by atoms with van der Waals surface area (Å²) < 4.78 is 68.2. The number of amides is 1. The molecule has 2 rings (SSSR count). The van der Waals surface area contributed by atoms with Crippen molar-refractivity contribution in [3.05, 3.63) is 59.2 Å². The normalized spacial score (nSPS) is 12.1. The lowest BCUT2D eigenvalue weighted by atomic mass is 10.1. The van der Waals surface area contributed by atoms with Gasteiger partial charge in [0.15, 0.2) is 6.61 Å². The number of hydrogen-bond donors (Lipinski definition) is 1. The molecule has 0 spiro atoms. The lowest BCUT2D eigenvalue weighted by molar-refractivity contribution is -0.153. The summed E-state index contributed by atoms with van der Waals surface area (Å²) >= 11 is 0. The van der Waals surface area contributed by atoms with Crippen molar-refractivity contribution < 1.29 is 31.1 Å². The Morgan fingerprint density at radius 1 is 1.06 bits per heavy atom. The van der Waals surface area contributed by atoms with Gasteiger partial charge in [-0.1, -0.05) is 32.0 Å². The standard InChI is InChI=1S/C21H25F3N2O4S/c1-4-26(5-2)31(28,29)19-12-17(9-6-15(19)3)20(27)25-13-16-7-10-18(11-8-16)30-14-21(22,23)24/h6-12H,4-5,13-14H2,1-3H3,(H,25,27). The molecule has 0 bridgehead atoms. The maximum Gasteiger partial charge on any atom is 0.422 e. The van der Waals surface area contributed by atoms with Crippen molar-refractivity contribution >= 4 is 15.9 Å². The molecule has 0 unspecified atom stereocenters. The molecule has 0 heterocycles. The first-order chi connectivity index (χ1) is 14.5. The maximum absolute atomic E-state index is 12.8. The average Bonchev–Trinajstić information content (AvgIpc) is 2.71. The summed E-state index contributed by atoms with van der Waals surface area (Å²) in [6.45, 7) is 4.52. The Kier molecular flexibility index (Phi) is 8.08. The van der Waals surface area contributed by atoms with E-state index in [0.29, 0.717) is 24.2 Å². The minimum absolute atomic E-state index is 0.0668. The number of benzene rings is 2. The summed E-state index contributed by atoms with van der Waals surface area (Å²) in [7, 11) is -3.72. The van der Waals surface area contributed by atoms with Gasteiger partial charge in [0.05, 0.1) is 4.90 Å². The van der Waals surface area contributed by atoms with Gasteiger partial charge in [0.25, 0.3) is 5.91 Å². The molecule has 6 nitrogen and oxygen atoms in total. The fourth-order valence-corrected chi connectivity index (χ4v) is 4.58. The third-order valence-electron chi connectivity index (χ3n) is 4.55. The van der Waals surface area contributed by atoms with Crippen molar-refractivity contribution in [2.75, 3.05) is 19.7 Å². The SMILES string of the molecule is CCN(CC)S(=O)(=O)c1cc(C(=O)NCc2ccc(OCC(F)(F)F)cc2)ccc1C. The first-order valence-corrected chi connectivity index (χ1v) is 11.1. The van der Waals surface area contributed by atoms with Crippen LogP contribution in [0.4, 0.5) is 13.2 Å². The average molecular weight is 459 g/mol. The molecule has 10 heteroatoms. The van der Waals surface area contributed by atoms with Gasteiger partial charge in [-0.3, -0.25) is 4.79 Å². The summed E-state index contributed by atoms with van der Waals surface area (Å²) in [4.78, 5) is 12.6. The predicted octanol–water partition coefficient (Wildman–Crippen LogP) is 3.90. The number of nitrogens with one attached hydrogen (secondary N) is 1. The second-order valence-electron chi connectivity index (χ2n) is 6.80. The number of sulfonamides is 1. The molecule has 0 saturated carbocycles. The lowest BCUT2D eigenvalue weighted by Crippen LogP contribution is -2.31. The molecular formula is C21H25F3N2O4S. The Morgan fingerprint density at radius 2 is 1.68 bits per heavy atom. The van der Waals surface area contributed by atoms with Crippen molar-refractivity contribution in [3.63, 3.8) is 0 Å². The van der Waals surface area contributed by atoms with Gasteiger partial charge in [0, 0.05) is 25.2 Å². The van der Waals surface area contributed by atoms with Crippen LogP contribution >= 0.6 is 0 Å². The van der Waals surface area contributed by atoms with E-state index in [4.69, 9.17) is 0 Å². The molecule has 0 aromatic heterocycles. The fourth-order valence-electron chi connectivity index (χ4n) is 2.87. The van der Waals surface area contributed by atoms with Gasteiger partial charge < -0.3 is 10.1 Å². The minimum atomic E-state index is -4.42. The summed E-state index contributed by atoms with van der Waals surface area (Å²) in [5.74, 6) is -0.398. The van der Waals surface area contributed by atoms with Crippen molar-refractivity contribution in [3.8, 4) is 5.75 Å². The van der Waals surface area contributed by atoms with Crippen molar-refractivity contribution in [2.45, 2.75) is 38.4 Å². The first-order valence-electron chi connectivity index (χ1n) is 9.65. The van der Waals surface area contributed by atoms with Crippen molar-refractivity contribution in [1.82, 2.24) is 9.62 Å². The van der Waals surface area contributed by atoms with Crippen molar-refractivity contribution in [2.24, 2.45) is 0 Å². The van der Waals surface area contributed by atoms with Crippen LogP contribution in [0.3, 0.4) is 0 Å². The molecule has 2 aromatic rings. The summed E-state index contributed by atoms with van der Waals surface area (Å²) in [6.07, 6.45) is -4.42. The molecule has 0 saturated heterocycles. The zero-order chi connectivity index (χ0) is 23.2. The Bertz CT molecular complexity index is 1000. The number of carbonyl (C=O) groups excluding carboxylic acids is 1. The van der Waals surface area contributed by atoms with E-state index in [2.05, 4.69) is 10.1 Å². The Morgan fingerprint density at radius 3 is 2.23 bits per heavy atom. The van der Waals surface area contributed by atoms with E-state index in [0.717, 1.165) is 0 Å². The topological polar surface area (TPSA) is 75.7 Å². The number of aryl methyl sites for hydroxylation is 1. The zero-order valence-electron chi connectivity index (χ0n) is 17.5. The molecule has 0 aliphatic carbocycles. The first kappa shape index (κ1) is 24.7. The highest BCUT2D eigenvalue weighted by atomic mass is 32.2. The van der Waals surface area contributed by atoms with Gasteiger partial charge in [-0.05, 0) is 42.3 Å². The fraction of sp³-hybridized carbons (Fsp3) is 0.381. The number of carbonyl (C=O) groups is 1. The molecule has 0 fully saturated rings. The second-order valence-corrected chi connectivity index (χ2v) is 8.71. The van der Waals surface area contributed by atoms with E-state index in [9.17, 15) is 26.4 Å². The molecule has 1 amide bonds. The van der Waals surface area contributed by atoms with Crippen LogP contribution in [-0.2, 0) is 16.6 Å². The lowest BCUT2D eigenvalue weighted by Gasteiger charge is -2.20. The van der Waals surface area contributed by atoms with Crippen molar-refractivity contribution in [1.29, 1.82) is 0 Å². The molecule has 0 radical (unpaired) electrons. The third kappa shape index (κ3) is 6.70. The van der Waals surface area contributed by atoms with E-state index in [1.165, 1.54) is 34.6 Å². The maximum atomic E-state index is 12.8. The Balaban J connectivity index is 2.08. The summed E-state index contributed by atoms with van der Waals surface area (Å²) in [5, 5.41) is 2.68. The van der Waals surface area contributed by atoms with Gasteiger partial charge in [-0.25, -0.2) is 8.42 Å². The number of nitrogens with zero attached hydrogens (tertiary/aromatic N) is 1. The predicted molar refractivity (Wildman–Crippen MR) is 110 cm³/mol. The Hall–Kier alpha value is -2.59. The quantitative estimate of drug-likeness (QED) is 0.619. The summed E-state index contributed by atoms with van der Waals surface area (Å²) in [6, 6.07) is 10.3. The molecule has 0 atom stereocenters. The molecule has 0 aliphatic heterocycles. The third-order valence-corrected chi connectivity index (χ3v) is 6.74. The van der Waals surface area contributed by atoms with Gasteiger partial charge in [-0.2, -0.15) is 17.5 Å². The Labute approximate surface area is 180 Å². The van der Waals surface area contributed by atoms with Crippen LogP contribution in [-0.4, -0.2) is 44.5 Å². The number of alkyl halides is 3. The molecule has 1 N–H and O–H groups in total. The molecule has 31 heavy (non-hydrogen) atoms. The van der Waals surface area contributed by atoms with E-state index >= 15 is 0 Å². The molecule has 0 aliphatic rings. The molecule has 170 valence electrons. The van der Waals surface area contributed by atoms with Crippen LogP contribution < -0.4 is 10.1 Å². The monoisotopic (exact) mass is 458 g/mol. The number of ether oxygens (including phenoxy) is 1.